The predicted molar refractivity (Wildman–Crippen MR) is 127 cm³/mol. The first-order valence-corrected chi connectivity index (χ1v) is 12.2. The van der Waals surface area contributed by atoms with Crippen LogP contribution in [0.5, 0.6) is 0 Å². The lowest BCUT2D eigenvalue weighted by molar-refractivity contribution is -0.130. The summed E-state index contributed by atoms with van der Waals surface area (Å²) in [6.07, 6.45) is 1.95. The van der Waals surface area contributed by atoms with E-state index in [2.05, 4.69) is 35.3 Å². The molecule has 2 aromatic carbocycles. The van der Waals surface area contributed by atoms with Gasteiger partial charge in [-0.25, -0.2) is 4.39 Å². The normalized spacial score (nSPS) is 15.7. The number of thioether (sulfide) groups is 1. The van der Waals surface area contributed by atoms with Gasteiger partial charge in [0.15, 0.2) is 5.16 Å². The molecule has 8 heteroatoms. The quantitative estimate of drug-likeness (QED) is 0.451. The molecule has 1 atom stereocenters. The number of nitrogens with zero attached hydrogens (tertiary/aromatic N) is 4. The Morgan fingerprint density at radius 1 is 1.21 bits per heavy atom. The lowest BCUT2D eigenvalue weighted by Gasteiger charge is -2.25. The highest BCUT2D eigenvalue weighted by atomic mass is 32.2. The molecule has 1 fully saturated rings. The molecule has 0 radical (unpaired) electrons. The average molecular weight is 469 g/mol. The van der Waals surface area contributed by atoms with Crippen molar-refractivity contribution in [3.8, 4) is 5.69 Å². The monoisotopic (exact) mass is 468 g/mol. The third-order valence-electron chi connectivity index (χ3n) is 5.79. The Kier molecular flexibility index (Phi) is 7.45. The minimum atomic E-state index is -0.302. The Labute approximate surface area is 198 Å². The first-order chi connectivity index (χ1) is 15.9. The van der Waals surface area contributed by atoms with Gasteiger partial charge in [0.1, 0.15) is 11.6 Å². The molecule has 3 aromatic rings. The van der Waals surface area contributed by atoms with Crippen LogP contribution < -0.4 is 0 Å². The number of aromatic nitrogens is 3. The molecule has 1 aromatic heterocycles. The van der Waals surface area contributed by atoms with E-state index in [0.29, 0.717) is 18.2 Å². The predicted octanol–water partition coefficient (Wildman–Crippen LogP) is 4.63. The van der Waals surface area contributed by atoms with Crippen molar-refractivity contribution in [2.75, 3.05) is 18.9 Å². The van der Waals surface area contributed by atoms with Gasteiger partial charge in [0.2, 0.25) is 5.91 Å². The maximum absolute atomic E-state index is 13.7. The first kappa shape index (κ1) is 23.4. The van der Waals surface area contributed by atoms with Gasteiger partial charge in [-0.3, -0.25) is 9.36 Å². The van der Waals surface area contributed by atoms with Crippen molar-refractivity contribution in [1.29, 1.82) is 0 Å². The van der Waals surface area contributed by atoms with E-state index < -0.39 is 0 Å². The van der Waals surface area contributed by atoms with Gasteiger partial charge in [-0.2, -0.15) is 0 Å². The van der Waals surface area contributed by atoms with Gasteiger partial charge in [-0.1, -0.05) is 36.0 Å². The van der Waals surface area contributed by atoms with Gasteiger partial charge in [0.25, 0.3) is 0 Å². The molecule has 2 heterocycles. The zero-order chi connectivity index (χ0) is 23.4. The topological polar surface area (TPSA) is 60.2 Å². The van der Waals surface area contributed by atoms with Crippen LogP contribution in [-0.2, 0) is 16.1 Å². The van der Waals surface area contributed by atoms with Crippen LogP contribution in [-0.4, -0.2) is 50.6 Å². The highest BCUT2D eigenvalue weighted by Gasteiger charge is 2.24. The van der Waals surface area contributed by atoms with Crippen LogP contribution >= 0.6 is 11.8 Å². The van der Waals surface area contributed by atoms with E-state index >= 15 is 0 Å². The molecule has 0 saturated carbocycles. The summed E-state index contributed by atoms with van der Waals surface area (Å²) >= 11 is 1.37. The van der Waals surface area contributed by atoms with Gasteiger partial charge < -0.3 is 9.64 Å². The molecule has 0 N–H and O–H groups in total. The number of ether oxygens (including phenoxy) is 1. The number of amides is 1. The maximum atomic E-state index is 13.7. The second kappa shape index (κ2) is 10.5. The SMILES string of the molecule is Cc1ccc(C)c(-n2c(C)nnc2SCC(=O)N(Cc2cccc(F)c2)CC2CCCO2)c1. The number of rotatable bonds is 8. The van der Waals surface area contributed by atoms with Crippen LogP contribution in [0.2, 0.25) is 0 Å². The average Bonchev–Trinajstić information content (AvgIpc) is 3.43. The summed E-state index contributed by atoms with van der Waals surface area (Å²) < 4.78 is 21.5. The molecule has 33 heavy (non-hydrogen) atoms. The lowest BCUT2D eigenvalue weighted by atomic mass is 10.1. The summed E-state index contributed by atoms with van der Waals surface area (Å²) in [5.41, 5.74) is 4.04. The third kappa shape index (κ3) is 5.81. The fraction of sp³-hybridized carbons (Fsp3) is 0.400. The van der Waals surface area contributed by atoms with Crippen molar-refractivity contribution in [3.63, 3.8) is 0 Å². The van der Waals surface area contributed by atoms with Gasteiger partial charge in [0.05, 0.1) is 17.5 Å². The van der Waals surface area contributed by atoms with Crippen molar-refractivity contribution < 1.29 is 13.9 Å². The zero-order valence-corrected chi connectivity index (χ0v) is 20.1. The molecule has 0 spiro atoms. The molecule has 1 unspecified atom stereocenters. The van der Waals surface area contributed by atoms with E-state index in [-0.39, 0.29) is 23.6 Å². The zero-order valence-electron chi connectivity index (χ0n) is 19.3. The van der Waals surface area contributed by atoms with Crippen molar-refractivity contribution in [3.05, 3.63) is 70.8 Å². The molecule has 1 saturated heterocycles. The Bertz CT molecular complexity index is 1130. The van der Waals surface area contributed by atoms with Crippen molar-refractivity contribution >= 4 is 17.7 Å². The van der Waals surface area contributed by atoms with Crippen LogP contribution in [0.1, 0.15) is 35.4 Å². The minimum absolute atomic E-state index is 0.0216. The second-order valence-electron chi connectivity index (χ2n) is 8.48. The lowest BCUT2D eigenvalue weighted by Crippen LogP contribution is -2.38. The van der Waals surface area contributed by atoms with E-state index in [4.69, 9.17) is 4.74 Å². The number of halogens is 1. The fourth-order valence-corrected chi connectivity index (χ4v) is 4.93. The highest BCUT2D eigenvalue weighted by molar-refractivity contribution is 7.99. The van der Waals surface area contributed by atoms with Crippen LogP contribution in [0.3, 0.4) is 0 Å². The molecule has 1 aliphatic rings. The largest absolute Gasteiger partial charge is 0.376 e. The molecule has 174 valence electrons. The Morgan fingerprint density at radius 2 is 2.06 bits per heavy atom. The molecule has 0 bridgehead atoms. The second-order valence-corrected chi connectivity index (χ2v) is 9.43. The minimum Gasteiger partial charge on any atom is -0.376 e. The van der Waals surface area contributed by atoms with Gasteiger partial charge in [-0.05, 0) is 68.5 Å². The van der Waals surface area contributed by atoms with Gasteiger partial charge in [-0.15, -0.1) is 10.2 Å². The van der Waals surface area contributed by atoms with Crippen molar-refractivity contribution in [1.82, 2.24) is 19.7 Å². The van der Waals surface area contributed by atoms with E-state index in [1.54, 1.807) is 11.0 Å². The van der Waals surface area contributed by atoms with Crippen molar-refractivity contribution in [2.45, 2.75) is 51.4 Å². The van der Waals surface area contributed by atoms with Crippen LogP contribution in [0, 0.1) is 26.6 Å². The number of hydrogen-bond donors (Lipinski definition) is 0. The standard InChI is InChI=1S/C25H29FN4O2S/c1-17-9-10-18(2)23(12-17)30-19(3)27-28-25(30)33-16-24(31)29(15-22-8-5-11-32-22)14-20-6-4-7-21(26)13-20/h4,6-7,9-10,12-13,22H,5,8,11,14-16H2,1-3H3. The Balaban J connectivity index is 1.51. The number of benzene rings is 2. The fourth-order valence-electron chi connectivity index (χ4n) is 4.04. The maximum Gasteiger partial charge on any atom is 0.233 e. The molecular weight excluding hydrogens is 439 g/mol. The van der Waals surface area contributed by atoms with Crippen LogP contribution in [0.4, 0.5) is 4.39 Å². The van der Waals surface area contributed by atoms with E-state index in [1.807, 2.05) is 24.5 Å². The molecule has 4 rings (SSSR count). The van der Waals surface area contributed by atoms with E-state index in [0.717, 1.165) is 47.7 Å². The molecule has 1 aliphatic heterocycles. The number of hydrogen-bond acceptors (Lipinski definition) is 5. The smallest absolute Gasteiger partial charge is 0.233 e. The van der Waals surface area contributed by atoms with E-state index in [9.17, 15) is 9.18 Å². The summed E-state index contributed by atoms with van der Waals surface area (Å²) in [6, 6.07) is 12.6. The van der Waals surface area contributed by atoms with Crippen LogP contribution in [0.25, 0.3) is 5.69 Å². The van der Waals surface area contributed by atoms with E-state index in [1.165, 1.54) is 23.9 Å². The molecule has 6 nitrogen and oxygen atoms in total. The first-order valence-electron chi connectivity index (χ1n) is 11.2. The summed E-state index contributed by atoms with van der Waals surface area (Å²) in [5, 5.41) is 9.25. The van der Waals surface area contributed by atoms with Gasteiger partial charge in [0, 0.05) is 19.7 Å². The number of aryl methyl sites for hydroxylation is 3. The summed E-state index contributed by atoms with van der Waals surface area (Å²) in [5.74, 6) is 0.649. The molecular formula is C25H29FN4O2S. The van der Waals surface area contributed by atoms with Crippen LogP contribution in [0.15, 0.2) is 47.6 Å². The number of carbonyl (C=O) groups excluding carboxylic acids is 1. The molecule has 0 aliphatic carbocycles. The number of carbonyl (C=O) groups is 1. The summed E-state index contributed by atoms with van der Waals surface area (Å²) in [7, 11) is 0. The Hall–Kier alpha value is -2.71. The van der Waals surface area contributed by atoms with Crippen molar-refractivity contribution in [2.24, 2.45) is 0 Å². The molecule has 1 amide bonds. The summed E-state index contributed by atoms with van der Waals surface area (Å²) in [4.78, 5) is 15.0. The third-order valence-corrected chi connectivity index (χ3v) is 6.70. The van der Waals surface area contributed by atoms with Gasteiger partial charge >= 0.3 is 0 Å². The highest BCUT2D eigenvalue weighted by Crippen LogP contribution is 2.26. The Morgan fingerprint density at radius 3 is 2.82 bits per heavy atom. The summed E-state index contributed by atoms with van der Waals surface area (Å²) in [6.45, 7) is 7.58.